The molecule has 384 valence electrons. The standard InChI is InChI=1S/C49H66N10O10S2/c1-28(61)39(25-60)56-48(68)41-27-71-70-26-40(57-43(63)34(51)21-30-13-5-3-6-14-30)47(67)54-37(22-31-15-7-4-8-16-31)45(65)55-38(23-32-24-52-35-18-10-9-17-33(32)35)46(66)53-36(19-11-12-20-50)44(64)59-42(29(2)62)49(69)58-41/h3-10,13-18,24,28-29,34,36-42,52,60-62H,11-12,19-23,25-27,50-51H2,1-2H3,(H,53,66)(H,54,67)(H,55,65)(H,56,68)(H,57,63)(H,58,69)(H,59,64)/t28-,29-,34-,36+,37-,38-,39-,40+,41+,42+/m1/s1/i4D,7D,8D,15D,16D. The third kappa shape index (κ3) is 17.1. The highest BCUT2D eigenvalue weighted by atomic mass is 33.1. The van der Waals surface area contributed by atoms with Crippen LogP contribution in [0.5, 0.6) is 0 Å². The van der Waals surface area contributed by atoms with Gasteiger partial charge in [0.15, 0.2) is 0 Å². The van der Waals surface area contributed by atoms with E-state index in [1.54, 1.807) is 60.8 Å². The molecule has 15 N–H and O–H groups in total. The van der Waals surface area contributed by atoms with E-state index in [2.05, 4.69) is 42.2 Å². The van der Waals surface area contributed by atoms with Crippen LogP contribution in [-0.4, -0.2) is 147 Å². The summed E-state index contributed by atoms with van der Waals surface area (Å²) in [5.74, 6) is -7.33. The summed E-state index contributed by atoms with van der Waals surface area (Å²) in [5, 5.41) is 49.7. The van der Waals surface area contributed by atoms with Crippen molar-refractivity contribution in [3.63, 3.8) is 0 Å². The number of amides is 7. The van der Waals surface area contributed by atoms with Crippen LogP contribution < -0.4 is 48.7 Å². The van der Waals surface area contributed by atoms with Gasteiger partial charge in [-0.05, 0) is 68.8 Å². The molecule has 0 aliphatic carbocycles. The number of carbonyl (C=O) groups excluding carboxylic acids is 7. The Kier molecular flexibility index (Phi) is 19.3. The van der Waals surface area contributed by atoms with Gasteiger partial charge in [0.25, 0.3) is 0 Å². The Balaban J connectivity index is 1.64. The van der Waals surface area contributed by atoms with Crippen LogP contribution in [-0.2, 0) is 52.8 Å². The quantitative estimate of drug-likeness (QED) is 0.0455. The van der Waals surface area contributed by atoms with E-state index < -0.39 is 145 Å². The predicted octanol–water partition coefficient (Wildman–Crippen LogP) is -0.805. The van der Waals surface area contributed by atoms with Crippen molar-refractivity contribution in [2.75, 3.05) is 24.7 Å². The summed E-state index contributed by atoms with van der Waals surface area (Å²) >= 11 is 0. The van der Waals surface area contributed by atoms with E-state index in [0.717, 1.165) is 21.6 Å². The summed E-state index contributed by atoms with van der Waals surface area (Å²) in [4.78, 5) is 103. The number of aromatic amines is 1. The fourth-order valence-corrected chi connectivity index (χ4v) is 9.79. The van der Waals surface area contributed by atoms with Crippen LogP contribution in [0.25, 0.3) is 10.9 Å². The summed E-state index contributed by atoms with van der Waals surface area (Å²) in [7, 11) is 1.84. The molecular formula is C49H66N10O10S2. The minimum absolute atomic E-state index is 0.0445. The Morgan fingerprint density at radius 2 is 1.41 bits per heavy atom. The van der Waals surface area contributed by atoms with Gasteiger partial charge in [-0.25, -0.2) is 0 Å². The zero-order valence-electron chi connectivity index (χ0n) is 44.3. The molecule has 7 amide bonds. The van der Waals surface area contributed by atoms with Crippen LogP contribution in [0.1, 0.15) is 56.7 Å². The molecule has 4 aromatic rings. The summed E-state index contributed by atoms with van der Waals surface area (Å²) < 4.78 is 42.3. The SMILES string of the molecule is [2H]c1c([2H])c([2H])c(C[C@H]2NC(=O)[C@@H](NC(=O)[C@H](N)Cc3ccccc3)CSSC[C@@H](C(=O)N[C@H](CO)[C@@H](C)O)NC(=O)[C@H]([C@@H](C)O)NC(=O)[C@H](CCCCN)NC(=O)[C@@H](Cc3c[nH]c4ccccc34)NC2=O)c([2H])c1[2H]. The van der Waals surface area contributed by atoms with Gasteiger partial charge in [0, 0.05) is 41.4 Å². The molecule has 2 heterocycles. The van der Waals surface area contributed by atoms with Crippen LogP contribution in [0, 0.1) is 0 Å². The van der Waals surface area contributed by atoms with Crippen molar-refractivity contribution in [1.29, 1.82) is 0 Å². The van der Waals surface area contributed by atoms with Gasteiger partial charge in [-0.1, -0.05) is 100 Å². The second-order valence-electron chi connectivity index (χ2n) is 17.1. The largest absolute Gasteiger partial charge is 0.394 e. The molecule has 0 saturated carbocycles. The molecule has 0 unspecified atom stereocenters. The first-order valence-electron chi connectivity index (χ1n) is 25.6. The number of fused-ring (bicyclic) bond motifs is 1. The number of rotatable bonds is 17. The second kappa shape index (κ2) is 28.1. The van der Waals surface area contributed by atoms with Gasteiger partial charge < -0.3 is 69.0 Å². The van der Waals surface area contributed by atoms with E-state index in [1.807, 2.05) is 0 Å². The number of hydrogen-bond acceptors (Lipinski definition) is 14. The number of H-pyrrole nitrogens is 1. The van der Waals surface area contributed by atoms with Crippen molar-refractivity contribution in [3.8, 4) is 0 Å². The van der Waals surface area contributed by atoms with Gasteiger partial charge in [0.05, 0.1) is 37.8 Å². The lowest BCUT2D eigenvalue weighted by atomic mass is 10.0. The summed E-state index contributed by atoms with van der Waals surface area (Å²) in [6.07, 6.45) is -1.56. The highest BCUT2D eigenvalue weighted by Crippen LogP contribution is 2.24. The molecule has 1 aromatic heterocycles. The second-order valence-corrected chi connectivity index (χ2v) is 19.6. The number of aromatic nitrogens is 1. The molecular weight excluding hydrogens is 953 g/mol. The smallest absolute Gasteiger partial charge is 0.245 e. The van der Waals surface area contributed by atoms with Crippen molar-refractivity contribution in [3.05, 3.63) is 108 Å². The van der Waals surface area contributed by atoms with Gasteiger partial charge in [0.2, 0.25) is 41.4 Å². The van der Waals surface area contributed by atoms with Crippen LogP contribution in [0.2, 0.25) is 0 Å². The topological polar surface area (TPSA) is 332 Å². The van der Waals surface area contributed by atoms with Crippen molar-refractivity contribution >= 4 is 73.8 Å². The number of benzene rings is 3. The molecule has 1 aliphatic rings. The molecule has 0 bridgehead atoms. The molecule has 10 atom stereocenters. The lowest BCUT2D eigenvalue weighted by molar-refractivity contribution is -0.136. The van der Waals surface area contributed by atoms with E-state index in [9.17, 15) is 48.9 Å². The first-order chi connectivity index (χ1) is 36.1. The number of nitrogens with two attached hydrogens (primary N) is 2. The van der Waals surface area contributed by atoms with Crippen LogP contribution >= 0.6 is 21.6 Å². The van der Waals surface area contributed by atoms with Gasteiger partial charge in [-0.3, -0.25) is 33.6 Å². The molecule has 1 aliphatic heterocycles. The molecule has 0 spiro atoms. The zero-order valence-corrected chi connectivity index (χ0v) is 40.9. The molecule has 3 aromatic carbocycles. The number of aliphatic hydroxyl groups excluding tert-OH is 3. The normalized spacial score (nSPS) is 23.8. The maximum absolute atomic E-state index is 14.9. The predicted molar refractivity (Wildman–Crippen MR) is 272 cm³/mol. The first-order valence-corrected chi connectivity index (χ1v) is 25.6. The Bertz CT molecular complexity index is 2660. The third-order valence-electron chi connectivity index (χ3n) is 11.5. The van der Waals surface area contributed by atoms with Crippen molar-refractivity contribution in [1.82, 2.24) is 42.2 Å². The molecule has 20 nitrogen and oxygen atoms in total. The number of nitrogens with one attached hydrogen (secondary N) is 8. The fourth-order valence-electron chi connectivity index (χ4n) is 7.46. The molecule has 1 saturated heterocycles. The number of para-hydroxylation sites is 1. The van der Waals surface area contributed by atoms with Crippen molar-refractivity contribution in [2.24, 2.45) is 11.5 Å². The van der Waals surface area contributed by atoms with E-state index in [4.69, 9.17) is 18.3 Å². The summed E-state index contributed by atoms with van der Waals surface area (Å²) in [6.45, 7) is 2.03. The summed E-state index contributed by atoms with van der Waals surface area (Å²) in [5.41, 5.74) is 13.6. The molecule has 71 heavy (non-hydrogen) atoms. The van der Waals surface area contributed by atoms with E-state index >= 15 is 0 Å². The van der Waals surface area contributed by atoms with E-state index in [0.29, 0.717) is 28.5 Å². The summed E-state index contributed by atoms with van der Waals surface area (Å²) in [6, 6.07) is 0.291. The van der Waals surface area contributed by atoms with Gasteiger partial charge in [-0.15, -0.1) is 0 Å². The first kappa shape index (κ1) is 48.6. The zero-order chi connectivity index (χ0) is 55.8. The van der Waals surface area contributed by atoms with Crippen LogP contribution in [0.4, 0.5) is 0 Å². The highest BCUT2D eigenvalue weighted by Gasteiger charge is 2.36. The van der Waals surface area contributed by atoms with Gasteiger partial charge >= 0.3 is 0 Å². The maximum Gasteiger partial charge on any atom is 0.245 e. The average Bonchev–Trinajstić information content (AvgIpc) is 3.81. The molecule has 22 heteroatoms. The number of hydrogen-bond donors (Lipinski definition) is 13. The lowest BCUT2D eigenvalue weighted by Gasteiger charge is -2.29. The molecule has 0 radical (unpaired) electrons. The van der Waals surface area contributed by atoms with E-state index in [1.165, 1.54) is 13.8 Å². The van der Waals surface area contributed by atoms with Gasteiger partial charge in [0.1, 0.15) is 36.3 Å². The van der Waals surface area contributed by atoms with Gasteiger partial charge in [-0.2, -0.15) is 0 Å². The minimum atomic E-state index is -1.82. The Morgan fingerprint density at radius 1 is 0.775 bits per heavy atom. The van der Waals surface area contributed by atoms with Crippen molar-refractivity contribution < 1.29 is 55.7 Å². The fraction of sp³-hybridized carbons (Fsp3) is 0.449. The Hall–Kier alpha value is -6.01. The Labute approximate surface area is 427 Å². The average molecular weight is 1020 g/mol. The minimum Gasteiger partial charge on any atom is -0.394 e. The maximum atomic E-state index is 14.9. The number of unbranched alkanes of at least 4 members (excludes halogenated alkanes) is 1. The molecule has 1 fully saturated rings. The molecule has 5 rings (SSSR count). The van der Waals surface area contributed by atoms with E-state index in [-0.39, 0.29) is 49.3 Å². The number of aliphatic hydroxyl groups is 3. The monoisotopic (exact) mass is 1020 g/mol. The number of carbonyl (C=O) groups is 7. The third-order valence-corrected chi connectivity index (χ3v) is 14.0. The highest BCUT2D eigenvalue weighted by molar-refractivity contribution is 8.76. The van der Waals surface area contributed by atoms with Crippen molar-refractivity contribution in [2.45, 2.75) is 113 Å². The Morgan fingerprint density at radius 3 is 2.08 bits per heavy atom. The lowest BCUT2D eigenvalue weighted by Crippen LogP contribution is -2.62. The van der Waals surface area contributed by atoms with Crippen LogP contribution in [0.15, 0.2) is 91.0 Å². The van der Waals surface area contributed by atoms with Crippen LogP contribution in [0.3, 0.4) is 0 Å².